The van der Waals surface area contributed by atoms with Gasteiger partial charge in [-0.05, 0) is 66.3 Å². The molecule has 0 amide bonds. The van der Waals surface area contributed by atoms with E-state index in [0.717, 1.165) is 72.5 Å². The second kappa shape index (κ2) is 17.5. The Kier molecular flexibility index (Phi) is 15.6. The Balaban J connectivity index is 2.20. The first-order valence-corrected chi connectivity index (χ1v) is 16.0. The Hall–Kier alpha value is 0.0600. The molecule has 34 heavy (non-hydrogen) atoms. The fraction of sp³-hybridized carbons (Fsp3) is 0.538. The van der Waals surface area contributed by atoms with Gasteiger partial charge in [-0.3, -0.25) is 0 Å². The molecule has 0 aromatic heterocycles. The number of halogens is 4. The van der Waals surface area contributed by atoms with Gasteiger partial charge in [0.05, 0.1) is 19.8 Å². The van der Waals surface area contributed by atoms with Crippen molar-refractivity contribution in [2.24, 2.45) is 0 Å². The number of hydrogen-bond donors (Lipinski definition) is 0. The molecule has 2 atom stereocenters. The summed E-state index contributed by atoms with van der Waals surface area (Å²) in [6.07, 6.45) is 10.9. The van der Waals surface area contributed by atoms with Crippen LogP contribution in [0.1, 0.15) is 51.4 Å². The van der Waals surface area contributed by atoms with Gasteiger partial charge in [-0.15, -0.1) is 46.4 Å². The van der Waals surface area contributed by atoms with Crippen molar-refractivity contribution in [2.75, 3.05) is 26.5 Å². The Morgan fingerprint density at radius 2 is 1.21 bits per heavy atom. The number of methoxy groups -OCH3 is 2. The van der Waals surface area contributed by atoms with Crippen LogP contribution in [0.25, 0.3) is 11.1 Å². The van der Waals surface area contributed by atoms with Crippen molar-refractivity contribution in [3.63, 3.8) is 0 Å². The van der Waals surface area contributed by atoms with Crippen molar-refractivity contribution in [3.8, 4) is 22.6 Å². The third-order valence-electron chi connectivity index (χ3n) is 5.58. The van der Waals surface area contributed by atoms with E-state index in [9.17, 15) is 0 Å². The van der Waals surface area contributed by atoms with E-state index in [1.165, 1.54) is 41.6 Å². The zero-order valence-corrected chi connectivity index (χ0v) is 25.0. The lowest BCUT2D eigenvalue weighted by Gasteiger charge is -2.19. The Morgan fingerprint density at radius 1 is 0.676 bits per heavy atom. The van der Waals surface area contributed by atoms with Crippen LogP contribution >= 0.6 is 63.6 Å². The van der Waals surface area contributed by atoms with Crippen LogP contribution < -0.4 is 20.1 Å². The molecular weight excluding hydrogens is 548 g/mol. The molecular formula is C26H36Cl4O2P2. The zero-order valence-electron chi connectivity index (χ0n) is 20.0. The number of rotatable bonds is 17. The zero-order chi connectivity index (χ0) is 24.8. The molecule has 0 radical (unpaired) electrons. The molecule has 2 unspecified atom stereocenters. The highest BCUT2D eigenvalue weighted by atomic mass is 35.5. The van der Waals surface area contributed by atoms with E-state index < -0.39 is 0 Å². The lowest BCUT2D eigenvalue weighted by molar-refractivity contribution is 0.397. The fourth-order valence-corrected chi connectivity index (χ4v) is 7.57. The minimum atomic E-state index is -0.256. The van der Waals surface area contributed by atoms with Gasteiger partial charge in [0.25, 0.3) is 0 Å². The highest BCUT2D eigenvalue weighted by Crippen LogP contribution is 2.39. The maximum absolute atomic E-state index is 5.88. The van der Waals surface area contributed by atoms with E-state index >= 15 is 0 Å². The summed E-state index contributed by atoms with van der Waals surface area (Å²) in [4.78, 5) is -0.503. The van der Waals surface area contributed by atoms with Crippen molar-refractivity contribution < 1.29 is 9.47 Å². The number of alkyl halides is 4. The summed E-state index contributed by atoms with van der Waals surface area (Å²) in [6, 6.07) is 12.7. The normalized spacial score (nSPS) is 12.1. The second-order valence-corrected chi connectivity index (χ2v) is 13.4. The predicted octanol–water partition coefficient (Wildman–Crippen LogP) is 8.71. The topological polar surface area (TPSA) is 18.5 Å². The van der Waals surface area contributed by atoms with Gasteiger partial charge >= 0.3 is 0 Å². The molecule has 0 aliphatic heterocycles. The molecule has 2 aromatic rings. The monoisotopic (exact) mass is 582 g/mol. The molecule has 0 bridgehead atoms. The van der Waals surface area contributed by atoms with Crippen LogP contribution in [0.4, 0.5) is 0 Å². The largest absolute Gasteiger partial charge is 0.496 e. The highest BCUT2D eigenvalue weighted by Gasteiger charge is 2.18. The molecule has 0 aliphatic carbocycles. The summed E-state index contributed by atoms with van der Waals surface area (Å²) in [6.45, 7) is 0. The Bertz CT molecular complexity index is 827. The van der Waals surface area contributed by atoms with Crippen molar-refractivity contribution >= 4 is 74.2 Å². The highest BCUT2D eigenvalue weighted by molar-refractivity contribution is 7.54. The van der Waals surface area contributed by atoms with Gasteiger partial charge in [0.2, 0.25) is 0 Å². The Labute approximate surface area is 229 Å². The first-order chi connectivity index (χ1) is 16.5. The van der Waals surface area contributed by atoms with Gasteiger partial charge in [-0.1, -0.05) is 67.1 Å². The molecule has 0 fully saturated rings. The second-order valence-electron chi connectivity index (χ2n) is 8.10. The van der Waals surface area contributed by atoms with Crippen LogP contribution in [-0.2, 0) is 0 Å². The van der Waals surface area contributed by atoms with E-state index in [1.807, 2.05) is 18.2 Å². The number of hydrogen-bond acceptors (Lipinski definition) is 2. The lowest BCUT2D eigenvalue weighted by atomic mass is 10.0. The maximum atomic E-state index is 5.88. The summed E-state index contributed by atoms with van der Waals surface area (Å²) in [5, 5.41) is 2.90. The summed E-state index contributed by atoms with van der Waals surface area (Å²) in [5.74, 6) is 1.69. The number of ether oxygens (including phenoxy) is 2. The summed E-state index contributed by atoms with van der Waals surface area (Å²) in [5.41, 5.74) is 2.27. The van der Waals surface area contributed by atoms with Crippen molar-refractivity contribution in [1.82, 2.24) is 0 Å². The SMILES string of the molecule is COc1cccc(OC)c1-c1cccc(PCCCCCC(Cl)Cl)c1PCCCCCC(Cl)Cl. The molecule has 0 saturated carbocycles. The standard InChI is InChI=1S/C26H36Cl4O2P2/c1-31-20-12-10-13-21(32-2)25(20)19-11-9-14-22(33-17-7-3-5-15-23(27)28)26(19)34-18-8-4-6-16-24(29)30/h9-14,23-24,33-34H,3-8,15-18H2,1-2H3. The molecule has 2 nitrogen and oxygen atoms in total. The minimum absolute atomic E-state index is 0.248. The van der Waals surface area contributed by atoms with Gasteiger partial charge in [0.1, 0.15) is 21.2 Å². The van der Waals surface area contributed by atoms with Crippen LogP contribution in [0.5, 0.6) is 11.5 Å². The minimum Gasteiger partial charge on any atom is -0.496 e. The van der Waals surface area contributed by atoms with Crippen molar-refractivity contribution in [2.45, 2.75) is 61.0 Å². The summed E-state index contributed by atoms with van der Waals surface area (Å²) < 4.78 is 11.5. The van der Waals surface area contributed by atoms with Gasteiger partial charge in [-0.2, -0.15) is 0 Å². The third-order valence-corrected chi connectivity index (χ3v) is 9.60. The van der Waals surface area contributed by atoms with Gasteiger partial charge in [-0.25, -0.2) is 0 Å². The van der Waals surface area contributed by atoms with Crippen LogP contribution in [0.3, 0.4) is 0 Å². The lowest BCUT2D eigenvalue weighted by Crippen LogP contribution is -2.19. The van der Waals surface area contributed by atoms with E-state index in [2.05, 4.69) is 18.2 Å². The number of unbranched alkanes of at least 4 members (excludes halogenated alkanes) is 4. The van der Waals surface area contributed by atoms with E-state index in [0.29, 0.717) is 0 Å². The van der Waals surface area contributed by atoms with Gasteiger partial charge < -0.3 is 9.47 Å². The molecule has 0 heterocycles. The summed E-state index contributed by atoms with van der Waals surface area (Å²) in [7, 11) is 4.95. The van der Waals surface area contributed by atoms with Crippen molar-refractivity contribution in [1.29, 1.82) is 0 Å². The average Bonchev–Trinajstić information content (AvgIpc) is 2.82. The maximum Gasteiger partial charge on any atom is 0.130 e. The smallest absolute Gasteiger partial charge is 0.130 e. The molecule has 8 heteroatoms. The third kappa shape index (κ3) is 10.6. The van der Waals surface area contributed by atoms with E-state index in [-0.39, 0.29) is 9.67 Å². The van der Waals surface area contributed by atoms with Crippen LogP contribution in [0.15, 0.2) is 36.4 Å². The molecule has 190 valence electrons. The quantitative estimate of drug-likeness (QED) is 0.105. The molecule has 0 spiro atoms. The van der Waals surface area contributed by atoms with E-state index in [4.69, 9.17) is 55.9 Å². The van der Waals surface area contributed by atoms with Gasteiger partial charge in [0.15, 0.2) is 0 Å². The predicted molar refractivity (Wildman–Crippen MR) is 159 cm³/mol. The summed E-state index contributed by atoms with van der Waals surface area (Å²) >= 11 is 23.5. The first kappa shape index (κ1) is 30.3. The van der Waals surface area contributed by atoms with Crippen molar-refractivity contribution in [3.05, 3.63) is 36.4 Å². The molecule has 0 aliphatic rings. The molecule has 2 aromatic carbocycles. The van der Waals surface area contributed by atoms with Crippen LogP contribution in [-0.4, -0.2) is 36.2 Å². The van der Waals surface area contributed by atoms with Gasteiger partial charge in [0, 0.05) is 0 Å². The average molecular weight is 584 g/mol. The van der Waals surface area contributed by atoms with E-state index in [1.54, 1.807) is 14.2 Å². The molecule has 0 saturated heterocycles. The molecule has 2 rings (SSSR count). The fourth-order valence-electron chi connectivity index (χ4n) is 3.85. The number of benzene rings is 2. The van der Waals surface area contributed by atoms with Crippen LogP contribution in [0.2, 0.25) is 0 Å². The molecule has 0 N–H and O–H groups in total. The Morgan fingerprint density at radius 3 is 1.74 bits per heavy atom. The first-order valence-electron chi connectivity index (χ1n) is 11.9. The van der Waals surface area contributed by atoms with Crippen LogP contribution in [0, 0.1) is 0 Å².